The number of hydrogen-bond acceptors (Lipinski definition) is 2. The van der Waals surface area contributed by atoms with Crippen molar-refractivity contribution in [3.05, 3.63) is 70.8 Å². The van der Waals surface area contributed by atoms with E-state index in [0.29, 0.717) is 16.7 Å². The monoisotopic (exact) mass is 254 g/mol. The smallest absolute Gasteiger partial charge is 0.307 e. The Hall–Kier alpha value is -2.42. The standard InChI is InChI=1S/C16H14O3/c1-11-6-5-9-13(10-14(17)18)15(11)16(19)12-7-3-2-4-8-12/h2-9H,10H2,1H3,(H,17,18). The van der Waals surface area contributed by atoms with Crippen LogP contribution in [-0.2, 0) is 11.2 Å². The van der Waals surface area contributed by atoms with Gasteiger partial charge in [-0.3, -0.25) is 9.59 Å². The lowest BCUT2D eigenvalue weighted by atomic mass is 9.93. The van der Waals surface area contributed by atoms with Gasteiger partial charge in [0.15, 0.2) is 5.78 Å². The summed E-state index contributed by atoms with van der Waals surface area (Å²) in [5.74, 6) is -1.07. The van der Waals surface area contributed by atoms with Gasteiger partial charge in [-0.15, -0.1) is 0 Å². The molecule has 19 heavy (non-hydrogen) atoms. The molecule has 0 unspecified atom stereocenters. The predicted molar refractivity (Wildman–Crippen MR) is 72.4 cm³/mol. The number of carbonyl (C=O) groups is 2. The normalized spacial score (nSPS) is 10.2. The first-order valence-electron chi connectivity index (χ1n) is 5.99. The molecule has 0 aliphatic rings. The van der Waals surface area contributed by atoms with E-state index in [2.05, 4.69) is 0 Å². The average molecular weight is 254 g/mol. The lowest BCUT2D eigenvalue weighted by molar-refractivity contribution is -0.136. The van der Waals surface area contributed by atoms with Crippen LogP contribution < -0.4 is 0 Å². The third-order valence-electron chi connectivity index (χ3n) is 2.96. The van der Waals surface area contributed by atoms with E-state index >= 15 is 0 Å². The number of carbonyl (C=O) groups excluding carboxylic acids is 1. The zero-order valence-electron chi connectivity index (χ0n) is 10.6. The molecule has 0 aliphatic carbocycles. The molecule has 0 radical (unpaired) electrons. The van der Waals surface area contributed by atoms with Crippen LogP contribution in [0.3, 0.4) is 0 Å². The molecule has 96 valence electrons. The summed E-state index contributed by atoms with van der Waals surface area (Å²) in [5, 5.41) is 8.92. The molecule has 0 aliphatic heterocycles. The van der Waals surface area contributed by atoms with Crippen LogP contribution in [0.5, 0.6) is 0 Å². The second kappa shape index (κ2) is 5.48. The minimum Gasteiger partial charge on any atom is -0.481 e. The van der Waals surface area contributed by atoms with Gasteiger partial charge in [0.1, 0.15) is 0 Å². The van der Waals surface area contributed by atoms with E-state index in [1.807, 2.05) is 19.1 Å². The van der Waals surface area contributed by atoms with E-state index in [1.165, 1.54) is 0 Å². The van der Waals surface area contributed by atoms with Gasteiger partial charge in [0, 0.05) is 11.1 Å². The second-order valence-electron chi connectivity index (χ2n) is 4.37. The Balaban J connectivity index is 2.49. The minimum absolute atomic E-state index is 0.130. The Labute approximate surface area is 111 Å². The molecular formula is C16H14O3. The molecule has 0 saturated heterocycles. The summed E-state index contributed by atoms with van der Waals surface area (Å²) in [4.78, 5) is 23.4. The fourth-order valence-corrected chi connectivity index (χ4v) is 2.10. The topological polar surface area (TPSA) is 54.4 Å². The van der Waals surface area contributed by atoms with Gasteiger partial charge in [0.25, 0.3) is 0 Å². The highest BCUT2D eigenvalue weighted by atomic mass is 16.4. The highest BCUT2D eigenvalue weighted by Crippen LogP contribution is 2.19. The molecule has 2 aromatic carbocycles. The molecule has 0 atom stereocenters. The number of hydrogen-bond donors (Lipinski definition) is 1. The largest absolute Gasteiger partial charge is 0.481 e. The van der Waals surface area contributed by atoms with E-state index in [9.17, 15) is 9.59 Å². The number of ketones is 1. The Morgan fingerprint density at radius 3 is 2.32 bits per heavy atom. The second-order valence-corrected chi connectivity index (χ2v) is 4.37. The summed E-state index contributed by atoms with van der Waals surface area (Å²) in [7, 11) is 0. The van der Waals surface area contributed by atoms with Crippen molar-refractivity contribution in [2.24, 2.45) is 0 Å². The quantitative estimate of drug-likeness (QED) is 0.853. The van der Waals surface area contributed by atoms with Gasteiger partial charge in [0.2, 0.25) is 0 Å². The molecule has 1 N–H and O–H groups in total. The SMILES string of the molecule is Cc1cccc(CC(=O)O)c1C(=O)c1ccccc1. The number of carboxylic acid groups (broad SMARTS) is 1. The summed E-state index contributed by atoms with van der Waals surface area (Å²) in [6.45, 7) is 1.82. The minimum atomic E-state index is -0.937. The van der Waals surface area contributed by atoms with Crippen LogP contribution >= 0.6 is 0 Å². The van der Waals surface area contributed by atoms with Crippen LogP contribution in [0.2, 0.25) is 0 Å². The number of carboxylic acids is 1. The molecule has 0 amide bonds. The average Bonchev–Trinajstić information content (AvgIpc) is 2.38. The van der Waals surface area contributed by atoms with E-state index in [1.54, 1.807) is 36.4 Å². The van der Waals surface area contributed by atoms with Crippen molar-refractivity contribution in [2.75, 3.05) is 0 Å². The summed E-state index contributed by atoms with van der Waals surface area (Å²) < 4.78 is 0. The summed E-state index contributed by atoms with van der Waals surface area (Å²) in [6.07, 6.45) is -0.143. The lowest BCUT2D eigenvalue weighted by Gasteiger charge is -2.10. The molecule has 0 spiro atoms. The van der Waals surface area contributed by atoms with Gasteiger partial charge in [0.05, 0.1) is 6.42 Å². The van der Waals surface area contributed by atoms with Crippen molar-refractivity contribution < 1.29 is 14.7 Å². The maximum absolute atomic E-state index is 12.5. The van der Waals surface area contributed by atoms with E-state index in [0.717, 1.165) is 5.56 Å². The number of aryl methyl sites for hydroxylation is 1. The lowest BCUT2D eigenvalue weighted by Crippen LogP contribution is -2.11. The van der Waals surface area contributed by atoms with Crippen molar-refractivity contribution in [1.82, 2.24) is 0 Å². The van der Waals surface area contributed by atoms with E-state index in [-0.39, 0.29) is 12.2 Å². The maximum Gasteiger partial charge on any atom is 0.307 e. The van der Waals surface area contributed by atoms with Gasteiger partial charge >= 0.3 is 5.97 Å². The molecule has 0 aromatic heterocycles. The van der Waals surface area contributed by atoms with Crippen LogP contribution in [0, 0.1) is 6.92 Å². The molecule has 0 heterocycles. The summed E-state index contributed by atoms with van der Waals surface area (Å²) in [6, 6.07) is 14.2. The van der Waals surface area contributed by atoms with Crippen molar-refractivity contribution in [3.8, 4) is 0 Å². The van der Waals surface area contributed by atoms with Gasteiger partial charge in [-0.25, -0.2) is 0 Å². The van der Waals surface area contributed by atoms with Gasteiger partial charge in [-0.1, -0.05) is 48.5 Å². The molecule has 2 aromatic rings. The van der Waals surface area contributed by atoms with Crippen LogP contribution in [0.25, 0.3) is 0 Å². The van der Waals surface area contributed by atoms with Crippen molar-refractivity contribution in [2.45, 2.75) is 13.3 Å². The molecule has 0 saturated carbocycles. The van der Waals surface area contributed by atoms with Crippen molar-refractivity contribution >= 4 is 11.8 Å². The zero-order chi connectivity index (χ0) is 13.8. The molecule has 2 rings (SSSR count). The molecule has 0 bridgehead atoms. The van der Waals surface area contributed by atoms with Crippen LogP contribution in [0.1, 0.15) is 27.0 Å². The van der Waals surface area contributed by atoms with Gasteiger partial charge in [-0.05, 0) is 18.1 Å². The van der Waals surface area contributed by atoms with Crippen LogP contribution in [0.15, 0.2) is 48.5 Å². The summed E-state index contributed by atoms with van der Waals surface area (Å²) >= 11 is 0. The Kier molecular flexibility index (Phi) is 3.76. The Morgan fingerprint density at radius 1 is 1.00 bits per heavy atom. The Bertz CT molecular complexity index is 615. The van der Waals surface area contributed by atoms with Crippen molar-refractivity contribution in [3.63, 3.8) is 0 Å². The Morgan fingerprint density at radius 2 is 1.68 bits per heavy atom. The number of benzene rings is 2. The third kappa shape index (κ3) is 2.88. The van der Waals surface area contributed by atoms with E-state index < -0.39 is 5.97 Å². The van der Waals surface area contributed by atoms with Crippen LogP contribution in [-0.4, -0.2) is 16.9 Å². The number of aliphatic carboxylic acids is 1. The molecule has 0 fully saturated rings. The first-order valence-corrected chi connectivity index (χ1v) is 5.99. The fourth-order valence-electron chi connectivity index (χ4n) is 2.10. The molecule has 3 heteroatoms. The van der Waals surface area contributed by atoms with E-state index in [4.69, 9.17) is 5.11 Å². The first-order chi connectivity index (χ1) is 9.09. The fraction of sp³-hybridized carbons (Fsp3) is 0.125. The molecular weight excluding hydrogens is 240 g/mol. The van der Waals surface area contributed by atoms with Gasteiger partial charge in [-0.2, -0.15) is 0 Å². The first kappa shape index (κ1) is 13.0. The number of rotatable bonds is 4. The summed E-state index contributed by atoms with van der Waals surface area (Å²) in [5.41, 5.74) is 2.42. The molecule has 3 nitrogen and oxygen atoms in total. The zero-order valence-corrected chi connectivity index (χ0v) is 10.6. The van der Waals surface area contributed by atoms with Crippen molar-refractivity contribution in [1.29, 1.82) is 0 Å². The van der Waals surface area contributed by atoms with Crippen LogP contribution in [0.4, 0.5) is 0 Å². The predicted octanol–water partition coefficient (Wildman–Crippen LogP) is 2.85. The third-order valence-corrected chi connectivity index (χ3v) is 2.96. The highest BCUT2D eigenvalue weighted by molar-refractivity contribution is 6.11. The maximum atomic E-state index is 12.5. The highest BCUT2D eigenvalue weighted by Gasteiger charge is 2.17. The van der Waals surface area contributed by atoms with Gasteiger partial charge < -0.3 is 5.11 Å².